The van der Waals surface area contributed by atoms with Crippen LogP contribution in [0.15, 0.2) is 134 Å². The number of pyridine rings is 2. The van der Waals surface area contributed by atoms with E-state index in [1.54, 1.807) is 0 Å². The molecular weight excluding hydrogens is 443 g/mol. The lowest BCUT2D eigenvalue weighted by atomic mass is 10.1. The van der Waals surface area contributed by atoms with E-state index in [1.807, 2.05) is 18.5 Å². The standard InChI is InChI=1S/C32H22N2P/c1-4-12-28(13-5-1)35(29-14-6-2-7-15-29,30-16-8-3-9-17-30)22-20-25-23-27-19-18-26-11-10-21-33-31(26)32(27)34-24-25/h1-19,21,23-24H/q+1. The van der Waals surface area contributed by atoms with Crippen LogP contribution in [0.1, 0.15) is 5.56 Å². The van der Waals surface area contributed by atoms with Crippen LogP contribution in [0.25, 0.3) is 21.8 Å². The Bertz CT molecular complexity index is 1590. The van der Waals surface area contributed by atoms with Gasteiger partial charge in [-0.25, -0.2) is 0 Å². The van der Waals surface area contributed by atoms with Crippen molar-refractivity contribution < 1.29 is 0 Å². The Labute approximate surface area is 205 Å². The molecule has 0 saturated carbocycles. The number of hydrogen-bond donors (Lipinski definition) is 0. The highest BCUT2D eigenvalue weighted by atomic mass is 31.2. The third-order valence-electron chi connectivity index (χ3n) is 6.22. The summed E-state index contributed by atoms with van der Waals surface area (Å²) in [5.41, 5.74) is 6.54. The fourth-order valence-electron chi connectivity index (χ4n) is 4.55. The van der Waals surface area contributed by atoms with Gasteiger partial charge in [0.05, 0.1) is 16.7 Å². The Morgan fingerprint density at radius 1 is 0.514 bits per heavy atom. The molecule has 2 heterocycles. The van der Waals surface area contributed by atoms with Crippen molar-refractivity contribution in [1.82, 2.24) is 9.97 Å². The normalized spacial score (nSPS) is 11.2. The lowest BCUT2D eigenvalue weighted by Crippen LogP contribution is -2.29. The summed E-state index contributed by atoms with van der Waals surface area (Å²) in [6.45, 7) is 0. The minimum Gasteiger partial charge on any atom is -0.254 e. The van der Waals surface area contributed by atoms with Gasteiger partial charge in [0, 0.05) is 28.7 Å². The first kappa shape index (κ1) is 21.2. The zero-order chi connectivity index (χ0) is 23.5. The van der Waals surface area contributed by atoms with Crippen molar-refractivity contribution in [2.45, 2.75) is 0 Å². The average Bonchev–Trinajstić information content (AvgIpc) is 2.95. The fourth-order valence-corrected chi connectivity index (χ4v) is 7.99. The minimum absolute atomic E-state index is 0.903. The molecule has 35 heavy (non-hydrogen) atoms. The van der Waals surface area contributed by atoms with Gasteiger partial charge in [-0.15, -0.1) is 0 Å². The minimum atomic E-state index is -2.22. The van der Waals surface area contributed by atoms with E-state index in [1.165, 1.54) is 15.9 Å². The fraction of sp³-hybridized carbons (Fsp3) is 0. The molecule has 0 fully saturated rings. The van der Waals surface area contributed by atoms with Gasteiger partial charge in [-0.2, -0.15) is 0 Å². The van der Waals surface area contributed by atoms with Crippen LogP contribution >= 0.6 is 7.26 Å². The van der Waals surface area contributed by atoms with Crippen molar-refractivity contribution in [3.05, 3.63) is 139 Å². The zero-order valence-electron chi connectivity index (χ0n) is 19.0. The molecule has 0 aliphatic heterocycles. The number of fused-ring (bicyclic) bond motifs is 3. The van der Waals surface area contributed by atoms with Crippen molar-refractivity contribution in [2.75, 3.05) is 0 Å². The first-order valence-electron chi connectivity index (χ1n) is 11.6. The first-order valence-corrected chi connectivity index (χ1v) is 13.4. The first-order chi connectivity index (χ1) is 17.3. The van der Waals surface area contributed by atoms with Gasteiger partial charge in [0.1, 0.15) is 15.9 Å². The largest absolute Gasteiger partial charge is 0.254 e. The van der Waals surface area contributed by atoms with Gasteiger partial charge >= 0.3 is 0 Å². The molecule has 2 aromatic heterocycles. The highest BCUT2D eigenvalue weighted by Crippen LogP contribution is 2.54. The molecule has 0 bridgehead atoms. The molecule has 6 rings (SSSR count). The number of hydrogen-bond acceptors (Lipinski definition) is 2. The lowest BCUT2D eigenvalue weighted by molar-refractivity contribution is 1.36. The van der Waals surface area contributed by atoms with E-state index in [0.717, 1.165) is 27.4 Å². The van der Waals surface area contributed by atoms with Gasteiger partial charge in [-0.1, -0.05) is 72.8 Å². The second kappa shape index (κ2) is 9.15. The highest BCUT2D eigenvalue weighted by Gasteiger charge is 2.44. The zero-order valence-corrected chi connectivity index (χ0v) is 19.9. The summed E-state index contributed by atoms with van der Waals surface area (Å²) in [7, 11) is -2.22. The predicted octanol–water partition coefficient (Wildman–Crippen LogP) is 6.09. The van der Waals surface area contributed by atoms with Crippen LogP contribution in [0, 0.1) is 11.6 Å². The van der Waals surface area contributed by atoms with Crippen LogP contribution in [0.5, 0.6) is 0 Å². The summed E-state index contributed by atoms with van der Waals surface area (Å²) >= 11 is 0. The number of nitrogens with zero attached hydrogens (tertiary/aromatic N) is 2. The van der Waals surface area contributed by atoms with E-state index >= 15 is 0 Å². The molecule has 0 spiro atoms. The Morgan fingerprint density at radius 3 is 1.66 bits per heavy atom. The predicted molar refractivity (Wildman–Crippen MR) is 149 cm³/mol. The Morgan fingerprint density at radius 2 is 1.06 bits per heavy atom. The van der Waals surface area contributed by atoms with Crippen LogP contribution in [-0.2, 0) is 0 Å². The molecule has 0 atom stereocenters. The second-order valence-electron chi connectivity index (χ2n) is 8.35. The van der Waals surface area contributed by atoms with E-state index < -0.39 is 7.26 Å². The van der Waals surface area contributed by atoms with Gasteiger partial charge < -0.3 is 0 Å². The second-order valence-corrected chi connectivity index (χ2v) is 11.5. The van der Waals surface area contributed by atoms with Crippen molar-refractivity contribution in [3.8, 4) is 11.6 Å². The number of aromatic nitrogens is 2. The quantitative estimate of drug-likeness (QED) is 0.180. The van der Waals surface area contributed by atoms with E-state index in [-0.39, 0.29) is 0 Å². The summed E-state index contributed by atoms with van der Waals surface area (Å²) in [6.07, 6.45) is 3.69. The smallest absolute Gasteiger partial charge is 0.189 e. The molecule has 6 aromatic rings. The highest BCUT2D eigenvalue weighted by molar-refractivity contribution is 7.99. The summed E-state index contributed by atoms with van der Waals surface area (Å²) in [4.78, 5) is 9.33. The molecular formula is C32H22N2P+. The third-order valence-corrected chi connectivity index (χ3v) is 9.89. The third kappa shape index (κ3) is 3.87. The van der Waals surface area contributed by atoms with Crippen molar-refractivity contribution in [2.24, 2.45) is 0 Å². The van der Waals surface area contributed by atoms with Gasteiger partial charge in [-0.3, -0.25) is 9.97 Å². The van der Waals surface area contributed by atoms with Crippen molar-refractivity contribution in [1.29, 1.82) is 0 Å². The Kier molecular flexibility index (Phi) is 5.55. The van der Waals surface area contributed by atoms with Crippen LogP contribution in [0.4, 0.5) is 0 Å². The molecule has 0 aliphatic rings. The summed E-state index contributed by atoms with van der Waals surface area (Å²) < 4.78 is 0. The number of rotatable bonds is 3. The van der Waals surface area contributed by atoms with Gasteiger partial charge in [0.15, 0.2) is 7.26 Å². The van der Waals surface area contributed by atoms with E-state index in [0.29, 0.717) is 0 Å². The van der Waals surface area contributed by atoms with Gasteiger partial charge in [0.25, 0.3) is 0 Å². The lowest BCUT2D eigenvalue weighted by Gasteiger charge is -2.21. The van der Waals surface area contributed by atoms with E-state index in [9.17, 15) is 0 Å². The van der Waals surface area contributed by atoms with Crippen LogP contribution in [-0.4, -0.2) is 9.97 Å². The summed E-state index contributed by atoms with van der Waals surface area (Å²) in [5.74, 6) is 3.54. The maximum atomic E-state index is 4.78. The van der Waals surface area contributed by atoms with E-state index in [4.69, 9.17) is 4.98 Å². The maximum Gasteiger partial charge on any atom is 0.189 e. The molecule has 4 aromatic carbocycles. The maximum absolute atomic E-state index is 4.78. The molecule has 0 aliphatic carbocycles. The molecule has 2 nitrogen and oxygen atoms in total. The molecule has 3 heteroatoms. The van der Waals surface area contributed by atoms with Crippen LogP contribution < -0.4 is 15.9 Å². The molecule has 0 unspecified atom stereocenters. The Balaban J connectivity index is 1.58. The van der Waals surface area contributed by atoms with Crippen LogP contribution in [0.2, 0.25) is 0 Å². The molecule has 164 valence electrons. The number of benzene rings is 4. The monoisotopic (exact) mass is 465 g/mol. The SMILES string of the molecule is C(#C[P+](c1ccccc1)(c1ccccc1)c1ccccc1)c1cnc2c(ccc3cccnc32)c1. The van der Waals surface area contributed by atoms with Crippen molar-refractivity contribution >= 4 is 45.0 Å². The van der Waals surface area contributed by atoms with Crippen molar-refractivity contribution in [3.63, 3.8) is 0 Å². The average molecular weight is 466 g/mol. The summed E-state index contributed by atoms with van der Waals surface area (Å²) in [6, 6.07) is 42.4. The summed E-state index contributed by atoms with van der Waals surface area (Å²) in [5, 5.41) is 5.87. The van der Waals surface area contributed by atoms with Crippen LogP contribution in [0.3, 0.4) is 0 Å². The molecule has 0 radical (unpaired) electrons. The van der Waals surface area contributed by atoms with E-state index in [2.05, 4.69) is 132 Å². The van der Waals surface area contributed by atoms with Gasteiger partial charge in [-0.05, 0) is 54.5 Å². The molecule has 0 N–H and O–H groups in total. The Hall–Kier alpha value is -4.31. The van der Waals surface area contributed by atoms with Gasteiger partial charge in [0.2, 0.25) is 0 Å². The topological polar surface area (TPSA) is 25.8 Å². The molecule has 0 saturated heterocycles. The molecule has 0 amide bonds.